The first-order valence-corrected chi connectivity index (χ1v) is 7.11. The van der Waals surface area contributed by atoms with Gasteiger partial charge in [-0.1, -0.05) is 42.5 Å². The van der Waals surface area contributed by atoms with Crippen LogP contribution >= 0.6 is 0 Å². The van der Waals surface area contributed by atoms with Crippen LogP contribution in [0.5, 0.6) is 0 Å². The van der Waals surface area contributed by atoms with Crippen molar-refractivity contribution < 1.29 is 0 Å². The third-order valence-electron chi connectivity index (χ3n) is 4.52. The van der Waals surface area contributed by atoms with E-state index < -0.39 is 0 Å². The van der Waals surface area contributed by atoms with Crippen LogP contribution in [-0.2, 0) is 0 Å². The van der Waals surface area contributed by atoms with Gasteiger partial charge in [0.25, 0.3) is 0 Å². The summed E-state index contributed by atoms with van der Waals surface area (Å²) in [6, 6.07) is 15.3. The summed E-state index contributed by atoms with van der Waals surface area (Å²) in [6.45, 7) is 4.46. The van der Waals surface area contributed by atoms with Gasteiger partial charge in [0, 0.05) is 24.4 Å². The van der Waals surface area contributed by atoms with Gasteiger partial charge in [0.2, 0.25) is 0 Å². The maximum absolute atomic E-state index is 2.47. The molecule has 0 amide bonds. The molecule has 0 unspecified atom stereocenters. The fourth-order valence-electron chi connectivity index (χ4n) is 3.39. The monoisotopic (exact) mass is 262 g/mol. The molecule has 0 fully saturated rings. The molecule has 0 aliphatic carbocycles. The van der Waals surface area contributed by atoms with Gasteiger partial charge in [0.05, 0.1) is 11.4 Å². The molecule has 0 radical (unpaired) electrons. The molecule has 0 N–H and O–H groups in total. The fraction of sp³-hybridized carbons (Fsp3) is 0.222. The Morgan fingerprint density at radius 3 is 2.40 bits per heavy atom. The predicted octanol–water partition coefficient (Wildman–Crippen LogP) is 4.07. The van der Waals surface area contributed by atoms with Gasteiger partial charge >= 0.3 is 0 Å². The minimum Gasteiger partial charge on any atom is -0.358 e. The van der Waals surface area contributed by atoms with E-state index in [1.54, 1.807) is 0 Å². The Labute approximate surface area is 119 Å². The smallest absolute Gasteiger partial charge is 0.103 e. The molecule has 100 valence electrons. The molecule has 2 aromatic carbocycles. The largest absolute Gasteiger partial charge is 0.358 e. The molecule has 0 bridgehead atoms. The Balaban J connectivity index is 2.10. The lowest BCUT2D eigenvalue weighted by Crippen LogP contribution is -2.36. The van der Waals surface area contributed by atoms with Crippen LogP contribution in [0.15, 0.2) is 48.7 Å². The van der Waals surface area contributed by atoms with Crippen molar-refractivity contribution in [2.45, 2.75) is 20.0 Å². The Bertz CT molecular complexity index is 730. The number of hydrogen-bond donors (Lipinski definition) is 0. The van der Waals surface area contributed by atoms with E-state index in [1.807, 2.05) is 0 Å². The number of hydrogen-bond acceptors (Lipinski definition) is 2. The third kappa shape index (κ3) is 1.34. The van der Waals surface area contributed by atoms with Gasteiger partial charge in [0.1, 0.15) is 6.17 Å². The minimum atomic E-state index is 0.359. The van der Waals surface area contributed by atoms with Crippen LogP contribution in [0.2, 0.25) is 0 Å². The van der Waals surface area contributed by atoms with Gasteiger partial charge in [-0.15, -0.1) is 0 Å². The number of rotatable bonds is 0. The average molecular weight is 262 g/mol. The highest BCUT2D eigenvalue weighted by molar-refractivity contribution is 6.00. The van der Waals surface area contributed by atoms with Crippen molar-refractivity contribution in [1.29, 1.82) is 0 Å². The lowest BCUT2D eigenvalue weighted by atomic mass is 9.90. The quantitative estimate of drug-likeness (QED) is 0.706. The highest BCUT2D eigenvalue weighted by atomic mass is 15.4. The Morgan fingerprint density at radius 1 is 0.900 bits per heavy atom. The normalized spacial score (nSPS) is 19.4. The van der Waals surface area contributed by atoms with E-state index in [1.165, 1.54) is 33.6 Å². The van der Waals surface area contributed by atoms with Crippen molar-refractivity contribution in [3.05, 3.63) is 59.8 Å². The van der Waals surface area contributed by atoms with Crippen molar-refractivity contribution in [2.24, 2.45) is 0 Å². The van der Waals surface area contributed by atoms with Gasteiger partial charge < -0.3 is 9.80 Å². The van der Waals surface area contributed by atoms with E-state index in [0.29, 0.717) is 6.17 Å². The van der Waals surface area contributed by atoms with Crippen molar-refractivity contribution in [2.75, 3.05) is 11.9 Å². The lowest BCUT2D eigenvalue weighted by molar-refractivity contribution is 0.383. The van der Waals surface area contributed by atoms with E-state index >= 15 is 0 Å². The first-order chi connectivity index (χ1) is 9.68. The summed E-state index contributed by atoms with van der Waals surface area (Å²) < 4.78 is 0. The van der Waals surface area contributed by atoms with E-state index in [2.05, 4.69) is 79.4 Å². The van der Waals surface area contributed by atoms with Crippen molar-refractivity contribution in [3.63, 3.8) is 0 Å². The molecule has 20 heavy (non-hydrogen) atoms. The number of fused-ring (bicyclic) bond motifs is 6. The average Bonchev–Trinajstić information content (AvgIpc) is 2.76. The zero-order valence-corrected chi connectivity index (χ0v) is 12.1. The molecular formula is C18H18N2. The highest BCUT2D eigenvalue weighted by Crippen LogP contribution is 2.48. The maximum atomic E-state index is 2.47. The van der Waals surface area contributed by atoms with E-state index in [0.717, 1.165) is 0 Å². The predicted molar refractivity (Wildman–Crippen MR) is 84.3 cm³/mol. The molecule has 2 aromatic rings. The molecule has 2 aliphatic rings. The SMILES string of the molecule is Cc1cccc2c1N1C(=CN(C)[C@@H]1C)c1ccccc1-2. The zero-order valence-electron chi connectivity index (χ0n) is 12.1. The first kappa shape index (κ1) is 11.6. The second-order valence-corrected chi connectivity index (χ2v) is 5.70. The molecule has 2 heterocycles. The Hall–Kier alpha value is -2.22. The molecule has 0 saturated carbocycles. The fourth-order valence-corrected chi connectivity index (χ4v) is 3.39. The van der Waals surface area contributed by atoms with Gasteiger partial charge in [-0.2, -0.15) is 0 Å². The van der Waals surface area contributed by atoms with Crippen LogP contribution in [-0.4, -0.2) is 18.1 Å². The highest BCUT2D eigenvalue weighted by Gasteiger charge is 2.35. The number of aryl methyl sites for hydroxylation is 1. The van der Waals surface area contributed by atoms with E-state index in [-0.39, 0.29) is 0 Å². The molecule has 1 atom stereocenters. The Morgan fingerprint density at radius 2 is 1.60 bits per heavy atom. The molecular weight excluding hydrogens is 244 g/mol. The van der Waals surface area contributed by atoms with Crippen LogP contribution in [0.25, 0.3) is 16.8 Å². The standard InChI is InChI=1S/C18H18N2/c1-12-7-6-10-16-14-8-4-5-9-15(14)17-11-19(3)13(2)20(17)18(12)16/h4-11,13H,1-3H3/t13-/m0/s1. The van der Waals surface area contributed by atoms with Crippen LogP contribution in [0, 0.1) is 6.92 Å². The maximum Gasteiger partial charge on any atom is 0.103 e. The van der Waals surface area contributed by atoms with E-state index in [9.17, 15) is 0 Å². The van der Waals surface area contributed by atoms with Crippen LogP contribution in [0.3, 0.4) is 0 Å². The lowest BCUT2D eigenvalue weighted by Gasteiger charge is -2.36. The molecule has 0 spiro atoms. The van der Waals surface area contributed by atoms with Gasteiger partial charge in [-0.25, -0.2) is 0 Å². The van der Waals surface area contributed by atoms with Crippen LogP contribution in [0.4, 0.5) is 5.69 Å². The second kappa shape index (κ2) is 3.89. The molecule has 4 rings (SSSR count). The summed E-state index contributed by atoms with van der Waals surface area (Å²) in [5.41, 5.74) is 8.04. The first-order valence-electron chi connectivity index (χ1n) is 7.11. The van der Waals surface area contributed by atoms with Gasteiger partial charge in [-0.05, 0) is 25.0 Å². The van der Waals surface area contributed by atoms with Crippen LogP contribution < -0.4 is 4.90 Å². The summed E-state index contributed by atoms with van der Waals surface area (Å²) in [6.07, 6.45) is 2.62. The topological polar surface area (TPSA) is 6.48 Å². The summed E-state index contributed by atoms with van der Waals surface area (Å²) in [5.74, 6) is 0. The molecule has 0 saturated heterocycles. The van der Waals surface area contributed by atoms with Crippen LogP contribution in [0.1, 0.15) is 18.1 Å². The molecule has 2 heteroatoms. The molecule has 2 nitrogen and oxygen atoms in total. The van der Waals surface area contributed by atoms with Gasteiger partial charge in [0.15, 0.2) is 0 Å². The number of nitrogens with zero attached hydrogens (tertiary/aromatic N) is 2. The van der Waals surface area contributed by atoms with Crippen molar-refractivity contribution in [1.82, 2.24) is 4.90 Å². The van der Waals surface area contributed by atoms with E-state index in [4.69, 9.17) is 0 Å². The van der Waals surface area contributed by atoms with Crippen molar-refractivity contribution >= 4 is 11.4 Å². The summed E-state index contributed by atoms with van der Waals surface area (Å²) in [4.78, 5) is 4.75. The van der Waals surface area contributed by atoms with Crippen molar-refractivity contribution in [3.8, 4) is 11.1 Å². The summed E-state index contributed by atoms with van der Waals surface area (Å²) in [5, 5.41) is 0. The summed E-state index contributed by atoms with van der Waals surface area (Å²) in [7, 11) is 2.15. The zero-order chi connectivity index (χ0) is 13.9. The molecule has 0 aromatic heterocycles. The number of para-hydroxylation sites is 1. The summed E-state index contributed by atoms with van der Waals surface area (Å²) >= 11 is 0. The second-order valence-electron chi connectivity index (χ2n) is 5.70. The number of benzene rings is 2. The Kier molecular flexibility index (Phi) is 2.25. The third-order valence-corrected chi connectivity index (χ3v) is 4.52. The number of anilines is 1. The minimum absolute atomic E-state index is 0.359. The molecule has 2 aliphatic heterocycles. The van der Waals surface area contributed by atoms with Gasteiger partial charge in [-0.3, -0.25) is 0 Å².